The number of fused-ring (bicyclic) bond motifs is 1. The minimum atomic E-state index is 0.164. The zero-order valence-corrected chi connectivity index (χ0v) is 8.72. The molecule has 0 radical (unpaired) electrons. The van der Waals surface area contributed by atoms with Gasteiger partial charge in [0.15, 0.2) is 0 Å². The van der Waals surface area contributed by atoms with Gasteiger partial charge in [-0.25, -0.2) is 4.98 Å². The third-order valence-electron chi connectivity index (χ3n) is 3.04. The molecule has 1 aromatic carbocycles. The van der Waals surface area contributed by atoms with Crippen molar-refractivity contribution in [1.29, 1.82) is 0 Å². The van der Waals surface area contributed by atoms with Gasteiger partial charge in [0.2, 0.25) is 0 Å². The Balaban J connectivity index is 2.09. The highest BCUT2D eigenvalue weighted by atomic mass is 15.1. The summed E-state index contributed by atoms with van der Waals surface area (Å²) >= 11 is 0. The van der Waals surface area contributed by atoms with Crippen LogP contribution in [0.4, 0.5) is 0 Å². The molecule has 1 heterocycles. The van der Waals surface area contributed by atoms with Crippen molar-refractivity contribution in [3.05, 3.63) is 53.6 Å². The van der Waals surface area contributed by atoms with Crippen LogP contribution in [0.3, 0.4) is 0 Å². The molecule has 0 bridgehead atoms. The Hall–Kier alpha value is -2.10. The van der Waals surface area contributed by atoms with Crippen molar-refractivity contribution >= 4 is 5.71 Å². The molecule has 4 heteroatoms. The minimum Gasteiger partial charge on any atom is -0.348 e. The molecule has 80 valence electrons. The Morgan fingerprint density at radius 3 is 3.00 bits per heavy atom. The summed E-state index contributed by atoms with van der Waals surface area (Å²) in [5.41, 5.74) is 3.35. The van der Waals surface area contributed by atoms with Crippen LogP contribution in [0, 0.1) is 0 Å². The number of H-pyrrole nitrogens is 1. The molecule has 1 aromatic heterocycles. The fourth-order valence-corrected chi connectivity index (χ4v) is 2.31. The van der Waals surface area contributed by atoms with Crippen LogP contribution in [0.2, 0.25) is 0 Å². The zero-order valence-electron chi connectivity index (χ0n) is 8.72. The number of imidazole rings is 1. The Labute approximate surface area is 93.2 Å². The molecule has 1 aliphatic carbocycles. The Bertz CT molecular complexity index is 528. The summed E-state index contributed by atoms with van der Waals surface area (Å²) in [6, 6.07) is 8.22. The number of aromatic nitrogens is 2. The van der Waals surface area contributed by atoms with Crippen molar-refractivity contribution in [2.24, 2.45) is 10.9 Å². The molecule has 4 nitrogen and oxygen atoms in total. The van der Waals surface area contributed by atoms with Gasteiger partial charge in [-0.3, -0.25) is 0 Å². The lowest BCUT2D eigenvalue weighted by molar-refractivity contribution is 0.838. The lowest BCUT2D eigenvalue weighted by atomic mass is 10.0. The van der Waals surface area contributed by atoms with E-state index in [9.17, 15) is 0 Å². The van der Waals surface area contributed by atoms with Crippen LogP contribution >= 0.6 is 0 Å². The molecule has 0 spiro atoms. The molecule has 1 aliphatic rings. The third kappa shape index (κ3) is 1.23. The van der Waals surface area contributed by atoms with Gasteiger partial charge in [-0.15, -0.1) is 0 Å². The number of hydrogen-bond donors (Lipinski definition) is 2. The molecule has 1 unspecified atom stereocenters. The first kappa shape index (κ1) is 9.15. The fourth-order valence-electron chi connectivity index (χ4n) is 2.31. The maximum atomic E-state index is 5.49. The number of nitrogens with zero attached hydrogens (tertiary/aromatic N) is 2. The number of rotatable bonds is 1. The third-order valence-corrected chi connectivity index (χ3v) is 3.04. The van der Waals surface area contributed by atoms with Crippen molar-refractivity contribution in [2.75, 3.05) is 0 Å². The predicted molar refractivity (Wildman–Crippen MR) is 62.2 cm³/mol. The highest BCUT2D eigenvalue weighted by molar-refractivity contribution is 6.08. The van der Waals surface area contributed by atoms with E-state index in [1.807, 2.05) is 18.3 Å². The monoisotopic (exact) mass is 212 g/mol. The first-order chi connectivity index (χ1) is 7.90. The second-order valence-corrected chi connectivity index (χ2v) is 3.90. The van der Waals surface area contributed by atoms with E-state index in [1.165, 1.54) is 5.56 Å². The standard InChI is InChI=1S/C12H12N4/c13-16-11-9-4-2-1-3-8(9)7-10(11)12-14-5-6-15-12/h1-6,10H,7,13H2,(H,14,15). The topological polar surface area (TPSA) is 67.1 Å². The average molecular weight is 212 g/mol. The van der Waals surface area contributed by atoms with Gasteiger partial charge in [-0.05, 0) is 12.0 Å². The van der Waals surface area contributed by atoms with Gasteiger partial charge in [-0.1, -0.05) is 24.3 Å². The quantitative estimate of drug-likeness (QED) is 0.554. The van der Waals surface area contributed by atoms with E-state index in [2.05, 4.69) is 27.2 Å². The van der Waals surface area contributed by atoms with Crippen LogP contribution in [0.1, 0.15) is 22.9 Å². The van der Waals surface area contributed by atoms with Gasteiger partial charge in [0.25, 0.3) is 0 Å². The maximum absolute atomic E-state index is 5.49. The van der Waals surface area contributed by atoms with Gasteiger partial charge >= 0.3 is 0 Å². The second-order valence-electron chi connectivity index (χ2n) is 3.90. The molecular formula is C12H12N4. The van der Waals surface area contributed by atoms with Crippen molar-refractivity contribution in [3.63, 3.8) is 0 Å². The summed E-state index contributed by atoms with van der Waals surface area (Å²) in [6.45, 7) is 0. The normalized spacial score (nSPS) is 21.2. The minimum absolute atomic E-state index is 0.164. The van der Waals surface area contributed by atoms with Crippen molar-refractivity contribution in [2.45, 2.75) is 12.3 Å². The fraction of sp³-hybridized carbons (Fsp3) is 0.167. The van der Waals surface area contributed by atoms with Gasteiger partial charge in [-0.2, -0.15) is 5.10 Å². The van der Waals surface area contributed by atoms with Crippen LogP contribution in [-0.4, -0.2) is 15.7 Å². The maximum Gasteiger partial charge on any atom is 0.115 e. The number of nitrogens with two attached hydrogens (primary N) is 1. The Kier molecular flexibility index (Phi) is 1.99. The van der Waals surface area contributed by atoms with E-state index in [4.69, 9.17) is 5.84 Å². The van der Waals surface area contributed by atoms with Gasteiger partial charge in [0.05, 0.1) is 11.6 Å². The SMILES string of the molecule is NN=C1c2ccccc2CC1c1ncc[nH]1. The van der Waals surface area contributed by atoms with E-state index in [-0.39, 0.29) is 5.92 Å². The van der Waals surface area contributed by atoms with Crippen LogP contribution < -0.4 is 5.84 Å². The van der Waals surface area contributed by atoms with Crippen molar-refractivity contribution < 1.29 is 0 Å². The van der Waals surface area contributed by atoms with E-state index in [1.54, 1.807) is 6.20 Å². The summed E-state index contributed by atoms with van der Waals surface area (Å²) in [5, 5.41) is 3.92. The molecule has 0 aliphatic heterocycles. The van der Waals surface area contributed by atoms with Crippen LogP contribution in [0.25, 0.3) is 0 Å². The second kappa shape index (κ2) is 3.48. The summed E-state index contributed by atoms with van der Waals surface area (Å²) < 4.78 is 0. The number of benzene rings is 1. The lowest BCUT2D eigenvalue weighted by Gasteiger charge is -2.06. The smallest absolute Gasteiger partial charge is 0.115 e. The molecular weight excluding hydrogens is 200 g/mol. The number of hydrogen-bond acceptors (Lipinski definition) is 3. The van der Waals surface area contributed by atoms with Crippen molar-refractivity contribution in [3.8, 4) is 0 Å². The van der Waals surface area contributed by atoms with Gasteiger partial charge in [0, 0.05) is 18.0 Å². The molecule has 0 fully saturated rings. The van der Waals surface area contributed by atoms with E-state index in [0.717, 1.165) is 23.5 Å². The van der Waals surface area contributed by atoms with Gasteiger partial charge in [0.1, 0.15) is 5.82 Å². The van der Waals surface area contributed by atoms with Crippen LogP contribution in [0.5, 0.6) is 0 Å². The Morgan fingerprint density at radius 1 is 1.38 bits per heavy atom. The summed E-state index contributed by atoms with van der Waals surface area (Å²) in [5.74, 6) is 6.59. The first-order valence-electron chi connectivity index (χ1n) is 5.25. The highest BCUT2D eigenvalue weighted by Crippen LogP contribution is 2.32. The highest BCUT2D eigenvalue weighted by Gasteiger charge is 2.30. The predicted octanol–water partition coefficient (Wildman–Crippen LogP) is 1.41. The molecule has 16 heavy (non-hydrogen) atoms. The summed E-state index contributed by atoms with van der Waals surface area (Å²) in [6.07, 6.45) is 4.50. The molecule has 0 amide bonds. The molecule has 3 rings (SSSR count). The summed E-state index contributed by atoms with van der Waals surface area (Å²) in [4.78, 5) is 7.42. The largest absolute Gasteiger partial charge is 0.348 e. The van der Waals surface area contributed by atoms with Crippen LogP contribution in [0.15, 0.2) is 41.8 Å². The molecule has 3 N–H and O–H groups in total. The number of aromatic amines is 1. The molecule has 0 saturated heterocycles. The van der Waals surface area contributed by atoms with E-state index in [0.29, 0.717) is 0 Å². The van der Waals surface area contributed by atoms with E-state index >= 15 is 0 Å². The number of hydrazone groups is 1. The average Bonchev–Trinajstić information content (AvgIpc) is 2.95. The first-order valence-corrected chi connectivity index (χ1v) is 5.25. The van der Waals surface area contributed by atoms with Crippen molar-refractivity contribution in [1.82, 2.24) is 9.97 Å². The summed E-state index contributed by atoms with van der Waals surface area (Å²) in [7, 11) is 0. The molecule has 0 saturated carbocycles. The van der Waals surface area contributed by atoms with Crippen LogP contribution in [-0.2, 0) is 6.42 Å². The lowest BCUT2D eigenvalue weighted by Crippen LogP contribution is -2.12. The zero-order chi connectivity index (χ0) is 11.0. The molecule has 2 aromatic rings. The Morgan fingerprint density at radius 2 is 2.25 bits per heavy atom. The van der Waals surface area contributed by atoms with E-state index < -0.39 is 0 Å². The number of nitrogens with one attached hydrogen (secondary N) is 1. The molecule has 1 atom stereocenters. The van der Waals surface area contributed by atoms with Gasteiger partial charge < -0.3 is 10.8 Å².